The predicted octanol–water partition coefficient (Wildman–Crippen LogP) is 3.19. The summed E-state index contributed by atoms with van der Waals surface area (Å²) in [4.78, 5) is 0. The molecule has 0 aromatic heterocycles. The smallest absolute Gasteiger partial charge is 0.395 e. The Morgan fingerprint density at radius 2 is 1.87 bits per heavy atom. The summed E-state index contributed by atoms with van der Waals surface area (Å²) in [6.07, 6.45) is 0.670. The molecule has 0 bridgehead atoms. The van der Waals surface area contributed by atoms with Crippen molar-refractivity contribution in [2.75, 3.05) is 0 Å². The molecule has 15 heavy (non-hydrogen) atoms. The van der Waals surface area contributed by atoms with Crippen molar-refractivity contribution in [3.8, 4) is 11.5 Å². The zero-order chi connectivity index (χ0) is 10.5. The first-order valence-corrected chi connectivity index (χ1v) is 4.72. The van der Waals surface area contributed by atoms with Gasteiger partial charge in [-0.2, -0.15) is 0 Å². The van der Waals surface area contributed by atoms with Crippen LogP contribution in [0.25, 0.3) is 6.08 Å². The van der Waals surface area contributed by atoms with Crippen LogP contribution in [0, 0.1) is 0 Å². The minimum Gasteiger partial charge on any atom is -0.395 e. The van der Waals surface area contributed by atoms with Gasteiger partial charge in [-0.3, -0.25) is 0 Å². The summed E-state index contributed by atoms with van der Waals surface area (Å²) in [7, 11) is 0. The van der Waals surface area contributed by atoms with Crippen LogP contribution >= 0.6 is 0 Å². The molecule has 2 nitrogen and oxygen atoms in total. The molecule has 0 N–H and O–H groups in total. The van der Waals surface area contributed by atoms with Gasteiger partial charge in [0.1, 0.15) is 0 Å². The van der Waals surface area contributed by atoms with Crippen LogP contribution < -0.4 is 9.47 Å². The zero-order valence-corrected chi connectivity index (χ0v) is 7.80. The van der Waals surface area contributed by atoms with Gasteiger partial charge in [0.15, 0.2) is 11.5 Å². The molecule has 0 atom stereocenters. The summed E-state index contributed by atoms with van der Waals surface area (Å²) in [6, 6.07) is 4.82. The van der Waals surface area contributed by atoms with Gasteiger partial charge in [-0.25, -0.2) is 0 Å². The molecule has 1 aliphatic carbocycles. The third kappa shape index (κ3) is 1.67. The Bertz CT molecular complexity index is 446. The van der Waals surface area contributed by atoms with Crippen molar-refractivity contribution in [2.45, 2.75) is 19.1 Å². The molecule has 0 amide bonds. The molecule has 0 spiro atoms. The van der Waals surface area contributed by atoms with E-state index in [1.807, 2.05) is 6.08 Å². The summed E-state index contributed by atoms with van der Waals surface area (Å²) in [5.41, 5.74) is 2.21. The van der Waals surface area contributed by atoms with E-state index in [0.29, 0.717) is 0 Å². The van der Waals surface area contributed by atoms with Crippen molar-refractivity contribution in [1.29, 1.82) is 0 Å². The van der Waals surface area contributed by atoms with Crippen LogP contribution in [0.3, 0.4) is 0 Å². The van der Waals surface area contributed by atoms with Crippen molar-refractivity contribution in [2.24, 2.45) is 0 Å². The highest BCUT2D eigenvalue weighted by Gasteiger charge is 2.43. The fourth-order valence-corrected chi connectivity index (χ4v) is 1.51. The van der Waals surface area contributed by atoms with E-state index in [2.05, 4.69) is 9.47 Å². The molecule has 78 valence electrons. The SMILES string of the molecule is FC1(F)Oc2ccc(C=C3CC3)cc2O1. The summed E-state index contributed by atoms with van der Waals surface area (Å²) < 4.78 is 34.0. The number of hydrogen-bond donors (Lipinski definition) is 0. The van der Waals surface area contributed by atoms with Crippen LogP contribution in [0.4, 0.5) is 8.78 Å². The van der Waals surface area contributed by atoms with E-state index in [1.165, 1.54) is 11.6 Å². The largest absolute Gasteiger partial charge is 0.586 e. The van der Waals surface area contributed by atoms with Crippen molar-refractivity contribution >= 4 is 6.08 Å². The van der Waals surface area contributed by atoms with Crippen molar-refractivity contribution in [3.05, 3.63) is 29.3 Å². The molecule has 3 rings (SSSR count). The Labute approximate surface area is 85.1 Å². The minimum absolute atomic E-state index is 0.0953. The molecule has 1 saturated carbocycles. The van der Waals surface area contributed by atoms with Crippen molar-refractivity contribution in [3.63, 3.8) is 0 Å². The quantitative estimate of drug-likeness (QED) is 0.708. The van der Waals surface area contributed by atoms with E-state index in [0.717, 1.165) is 18.4 Å². The Hall–Kier alpha value is -1.58. The number of alkyl halides is 2. The number of ether oxygens (including phenoxy) is 2. The summed E-state index contributed by atoms with van der Waals surface area (Å²) in [5.74, 6) is 0.202. The van der Waals surface area contributed by atoms with Gasteiger partial charge in [-0.1, -0.05) is 17.7 Å². The molecule has 1 fully saturated rings. The lowest BCUT2D eigenvalue weighted by molar-refractivity contribution is -0.286. The number of allylic oxidation sites excluding steroid dienone is 1. The van der Waals surface area contributed by atoms with E-state index in [4.69, 9.17) is 0 Å². The highest BCUT2D eigenvalue weighted by molar-refractivity contribution is 5.60. The molecular formula is C11H8F2O2. The number of hydrogen-bond acceptors (Lipinski definition) is 2. The highest BCUT2D eigenvalue weighted by Crippen LogP contribution is 2.42. The van der Waals surface area contributed by atoms with Gasteiger partial charge in [-0.05, 0) is 30.5 Å². The zero-order valence-electron chi connectivity index (χ0n) is 7.80. The van der Waals surface area contributed by atoms with E-state index in [9.17, 15) is 8.78 Å². The maximum absolute atomic E-state index is 12.7. The Balaban J connectivity index is 1.95. The van der Waals surface area contributed by atoms with Crippen LogP contribution in [0.5, 0.6) is 11.5 Å². The molecular weight excluding hydrogens is 202 g/mol. The summed E-state index contributed by atoms with van der Waals surface area (Å²) in [5, 5.41) is 0. The van der Waals surface area contributed by atoms with Gasteiger partial charge in [0, 0.05) is 0 Å². The van der Waals surface area contributed by atoms with E-state index < -0.39 is 6.29 Å². The van der Waals surface area contributed by atoms with Crippen molar-refractivity contribution < 1.29 is 18.3 Å². The fraction of sp³-hybridized carbons (Fsp3) is 0.273. The molecule has 1 heterocycles. The van der Waals surface area contributed by atoms with Crippen LogP contribution in [0.2, 0.25) is 0 Å². The van der Waals surface area contributed by atoms with Crippen molar-refractivity contribution in [1.82, 2.24) is 0 Å². The second-order valence-corrected chi connectivity index (χ2v) is 3.68. The fourth-order valence-electron chi connectivity index (χ4n) is 1.51. The van der Waals surface area contributed by atoms with Gasteiger partial charge in [0.25, 0.3) is 0 Å². The lowest BCUT2D eigenvalue weighted by Crippen LogP contribution is -2.25. The molecule has 0 radical (unpaired) electrons. The maximum atomic E-state index is 12.7. The Morgan fingerprint density at radius 3 is 2.60 bits per heavy atom. The van der Waals surface area contributed by atoms with Gasteiger partial charge < -0.3 is 9.47 Å². The number of fused-ring (bicyclic) bond motifs is 1. The topological polar surface area (TPSA) is 18.5 Å². The molecule has 0 saturated heterocycles. The lowest BCUT2D eigenvalue weighted by Gasteiger charge is -2.04. The Kier molecular flexibility index (Phi) is 1.58. The van der Waals surface area contributed by atoms with Crippen LogP contribution in [0.1, 0.15) is 18.4 Å². The normalized spacial score (nSPS) is 20.3. The number of halogens is 2. The maximum Gasteiger partial charge on any atom is 0.586 e. The van der Waals surface area contributed by atoms with E-state index >= 15 is 0 Å². The molecule has 2 aliphatic rings. The highest BCUT2D eigenvalue weighted by atomic mass is 19.3. The van der Waals surface area contributed by atoms with Crippen LogP contribution in [-0.2, 0) is 0 Å². The third-order valence-corrected chi connectivity index (χ3v) is 2.33. The summed E-state index contributed by atoms with van der Waals surface area (Å²) >= 11 is 0. The molecule has 1 aromatic carbocycles. The monoisotopic (exact) mass is 210 g/mol. The lowest BCUT2D eigenvalue weighted by atomic mass is 10.2. The van der Waals surface area contributed by atoms with Gasteiger partial charge in [0.2, 0.25) is 0 Å². The molecule has 4 heteroatoms. The second-order valence-electron chi connectivity index (χ2n) is 3.68. The van der Waals surface area contributed by atoms with Gasteiger partial charge in [0.05, 0.1) is 0 Å². The molecule has 0 unspecified atom stereocenters. The second kappa shape index (κ2) is 2.72. The first-order chi connectivity index (χ1) is 7.12. The predicted molar refractivity (Wildman–Crippen MR) is 49.9 cm³/mol. The summed E-state index contributed by atoms with van der Waals surface area (Å²) in [6.45, 7) is 0. The Morgan fingerprint density at radius 1 is 1.13 bits per heavy atom. The van der Waals surface area contributed by atoms with Gasteiger partial charge >= 0.3 is 6.29 Å². The van der Waals surface area contributed by atoms with E-state index in [1.54, 1.807) is 12.1 Å². The van der Waals surface area contributed by atoms with Crippen LogP contribution in [-0.4, -0.2) is 6.29 Å². The molecule has 1 aromatic rings. The van der Waals surface area contributed by atoms with Gasteiger partial charge in [-0.15, -0.1) is 8.78 Å². The first-order valence-electron chi connectivity index (χ1n) is 4.72. The average Bonchev–Trinajstić information content (AvgIpc) is 2.87. The third-order valence-electron chi connectivity index (χ3n) is 2.33. The number of rotatable bonds is 1. The standard InChI is InChI=1S/C11H8F2O2/c12-11(13)14-9-4-3-8(5-7-1-2-7)6-10(9)15-11/h3-6H,1-2H2. The molecule has 1 aliphatic heterocycles. The van der Waals surface area contributed by atoms with Crippen LogP contribution in [0.15, 0.2) is 23.8 Å². The minimum atomic E-state index is -3.52. The number of benzene rings is 1. The van der Waals surface area contributed by atoms with E-state index in [-0.39, 0.29) is 11.5 Å². The average molecular weight is 210 g/mol. The first kappa shape index (κ1) is 8.71.